The van der Waals surface area contributed by atoms with Crippen LogP contribution >= 0.6 is 0 Å². The van der Waals surface area contributed by atoms with Crippen LogP contribution in [-0.4, -0.2) is 0 Å². The maximum atomic E-state index is 2.44. The second-order valence-electron chi connectivity index (χ2n) is 4.91. The highest BCUT2D eigenvalue weighted by molar-refractivity contribution is 5.93. The van der Waals surface area contributed by atoms with E-state index >= 15 is 0 Å². The van der Waals surface area contributed by atoms with Crippen LogP contribution in [0.25, 0.3) is 11.6 Å². The van der Waals surface area contributed by atoms with Crippen LogP contribution in [0.4, 0.5) is 0 Å². The molecule has 1 aromatic carbocycles. The summed E-state index contributed by atoms with van der Waals surface area (Å²) in [5.41, 5.74) is 6.26. The van der Waals surface area contributed by atoms with Crippen LogP contribution in [0.2, 0.25) is 0 Å². The average molecular weight is 206 g/mol. The molecule has 0 unspecified atom stereocenters. The Morgan fingerprint density at radius 2 is 1.69 bits per heavy atom. The summed E-state index contributed by atoms with van der Waals surface area (Å²) in [7, 11) is 0. The number of allylic oxidation sites excluding steroid dienone is 4. The molecule has 0 atom stereocenters. The van der Waals surface area contributed by atoms with E-state index in [9.17, 15) is 0 Å². The quantitative estimate of drug-likeness (QED) is 0.611. The van der Waals surface area contributed by atoms with Crippen molar-refractivity contribution in [1.29, 1.82) is 0 Å². The zero-order chi connectivity index (χ0) is 10.5. The predicted octanol–water partition coefficient (Wildman–Crippen LogP) is 2.44. The van der Waals surface area contributed by atoms with Gasteiger partial charge in [0.1, 0.15) is 0 Å². The second kappa shape index (κ2) is 2.98. The maximum absolute atomic E-state index is 2.44. The summed E-state index contributed by atoms with van der Waals surface area (Å²) < 4.78 is 0. The van der Waals surface area contributed by atoms with Crippen molar-refractivity contribution < 1.29 is 0 Å². The number of fused-ring (bicyclic) bond motifs is 3. The van der Waals surface area contributed by atoms with E-state index in [0.29, 0.717) is 0 Å². The third-order valence-corrected chi connectivity index (χ3v) is 4.00. The number of hydrogen-bond acceptors (Lipinski definition) is 0. The highest BCUT2D eigenvalue weighted by atomic mass is 14.3. The molecule has 16 heavy (non-hydrogen) atoms. The van der Waals surface area contributed by atoms with Gasteiger partial charge in [0.25, 0.3) is 0 Å². The molecule has 3 aliphatic rings. The van der Waals surface area contributed by atoms with Gasteiger partial charge >= 0.3 is 0 Å². The standard InChI is InChI=1S/C16H14/c1-3-7-13-11(5-1)9-15-14-8-4-2-6-12(14)10-16(13)15/h1,3,5,7,9-10H,2,4,6,8H2. The third-order valence-electron chi connectivity index (χ3n) is 4.00. The summed E-state index contributed by atoms with van der Waals surface area (Å²) in [6.07, 6.45) is 10.1. The first-order valence-corrected chi connectivity index (χ1v) is 6.19. The van der Waals surface area contributed by atoms with Gasteiger partial charge in [0.15, 0.2) is 0 Å². The van der Waals surface area contributed by atoms with Gasteiger partial charge in [-0.3, -0.25) is 0 Å². The molecule has 78 valence electrons. The summed E-state index contributed by atoms with van der Waals surface area (Å²) in [5.74, 6) is 0. The smallest absolute Gasteiger partial charge is 0.00995 e. The summed E-state index contributed by atoms with van der Waals surface area (Å²) in [4.78, 5) is 0. The average Bonchev–Trinajstić information content (AvgIpc) is 2.85. The van der Waals surface area contributed by atoms with Gasteiger partial charge in [0.05, 0.1) is 0 Å². The normalized spacial score (nSPS) is 21.2. The van der Waals surface area contributed by atoms with E-state index in [1.54, 1.807) is 11.1 Å². The Labute approximate surface area is 95.3 Å². The summed E-state index contributed by atoms with van der Waals surface area (Å²) in [6.45, 7) is 0. The molecule has 0 spiro atoms. The van der Waals surface area contributed by atoms with E-state index in [2.05, 4.69) is 36.4 Å². The van der Waals surface area contributed by atoms with Crippen molar-refractivity contribution in [2.75, 3.05) is 0 Å². The van der Waals surface area contributed by atoms with Crippen molar-refractivity contribution in [2.45, 2.75) is 25.7 Å². The molecule has 0 radical (unpaired) electrons. The van der Waals surface area contributed by atoms with Gasteiger partial charge in [-0.25, -0.2) is 0 Å². The van der Waals surface area contributed by atoms with Gasteiger partial charge in [-0.15, -0.1) is 0 Å². The van der Waals surface area contributed by atoms with Crippen molar-refractivity contribution in [3.05, 3.63) is 57.5 Å². The fourth-order valence-electron chi connectivity index (χ4n) is 3.22. The molecule has 1 saturated carbocycles. The number of rotatable bonds is 0. The van der Waals surface area contributed by atoms with Gasteiger partial charge in [0, 0.05) is 0 Å². The molecule has 0 saturated heterocycles. The van der Waals surface area contributed by atoms with Gasteiger partial charge in [-0.2, -0.15) is 0 Å². The molecule has 0 heterocycles. The SMILES string of the molecule is C1=C2CCCCC2=C2C=c3ccccc3=C12. The minimum absolute atomic E-state index is 1.29. The van der Waals surface area contributed by atoms with Crippen LogP contribution in [0, 0.1) is 0 Å². The monoisotopic (exact) mass is 206 g/mol. The highest BCUT2D eigenvalue weighted by Crippen LogP contribution is 2.41. The fourth-order valence-corrected chi connectivity index (χ4v) is 3.22. The number of benzene rings is 1. The Morgan fingerprint density at radius 3 is 2.69 bits per heavy atom. The van der Waals surface area contributed by atoms with Crippen molar-refractivity contribution in [2.24, 2.45) is 0 Å². The Kier molecular flexibility index (Phi) is 1.59. The molecular weight excluding hydrogens is 192 g/mol. The van der Waals surface area contributed by atoms with Crippen molar-refractivity contribution in [3.63, 3.8) is 0 Å². The van der Waals surface area contributed by atoms with Crippen molar-refractivity contribution in [1.82, 2.24) is 0 Å². The minimum Gasteiger partial charge on any atom is -0.0616 e. The summed E-state index contributed by atoms with van der Waals surface area (Å²) in [6, 6.07) is 8.76. The molecular formula is C16H14. The maximum Gasteiger partial charge on any atom is -0.00995 e. The molecule has 0 aromatic heterocycles. The molecule has 4 rings (SSSR count). The summed E-state index contributed by atoms with van der Waals surface area (Å²) in [5, 5.41) is 2.84. The number of hydrogen-bond donors (Lipinski definition) is 0. The van der Waals surface area contributed by atoms with Crippen LogP contribution in [0.3, 0.4) is 0 Å². The Bertz CT molecular complexity index is 654. The molecule has 3 aliphatic carbocycles. The van der Waals surface area contributed by atoms with E-state index in [1.807, 2.05) is 0 Å². The van der Waals surface area contributed by atoms with E-state index in [0.717, 1.165) is 0 Å². The molecule has 0 nitrogen and oxygen atoms in total. The van der Waals surface area contributed by atoms with Gasteiger partial charge in [-0.05, 0) is 64.5 Å². The molecule has 0 N–H and O–H groups in total. The van der Waals surface area contributed by atoms with Crippen molar-refractivity contribution in [3.8, 4) is 0 Å². The van der Waals surface area contributed by atoms with Crippen LogP contribution in [0.1, 0.15) is 25.7 Å². The first-order valence-electron chi connectivity index (χ1n) is 6.19. The topological polar surface area (TPSA) is 0 Å². The van der Waals surface area contributed by atoms with E-state index in [-0.39, 0.29) is 0 Å². The zero-order valence-electron chi connectivity index (χ0n) is 9.29. The zero-order valence-corrected chi connectivity index (χ0v) is 9.29. The van der Waals surface area contributed by atoms with E-state index < -0.39 is 0 Å². The molecule has 0 bridgehead atoms. The third kappa shape index (κ3) is 0.996. The Morgan fingerprint density at radius 1 is 0.812 bits per heavy atom. The van der Waals surface area contributed by atoms with E-state index in [4.69, 9.17) is 0 Å². The molecule has 1 fully saturated rings. The molecule has 0 heteroatoms. The van der Waals surface area contributed by atoms with Gasteiger partial charge in [0.2, 0.25) is 0 Å². The van der Waals surface area contributed by atoms with Crippen LogP contribution < -0.4 is 10.4 Å². The van der Waals surface area contributed by atoms with Gasteiger partial charge < -0.3 is 0 Å². The Hall–Kier alpha value is -1.56. The lowest BCUT2D eigenvalue weighted by Crippen LogP contribution is -2.21. The first-order chi connectivity index (χ1) is 7.93. The predicted molar refractivity (Wildman–Crippen MR) is 67.1 cm³/mol. The van der Waals surface area contributed by atoms with E-state index in [1.165, 1.54) is 47.3 Å². The molecule has 0 aliphatic heterocycles. The largest absolute Gasteiger partial charge is 0.0616 e. The lowest BCUT2D eigenvalue weighted by molar-refractivity contribution is 0.681. The van der Waals surface area contributed by atoms with Crippen molar-refractivity contribution >= 4 is 11.6 Å². The highest BCUT2D eigenvalue weighted by Gasteiger charge is 2.24. The molecule has 0 amide bonds. The van der Waals surface area contributed by atoms with Crippen LogP contribution in [0.15, 0.2) is 47.1 Å². The van der Waals surface area contributed by atoms with Gasteiger partial charge in [-0.1, -0.05) is 30.3 Å². The lowest BCUT2D eigenvalue weighted by atomic mass is 9.90. The first kappa shape index (κ1) is 8.58. The Balaban J connectivity index is 2.09. The van der Waals surface area contributed by atoms with Crippen LogP contribution in [-0.2, 0) is 0 Å². The second-order valence-corrected chi connectivity index (χ2v) is 4.91. The van der Waals surface area contributed by atoms with Crippen LogP contribution in [0.5, 0.6) is 0 Å². The fraction of sp³-hybridized carbons (Fsp3) is 0.250. The minimum atomic E-state index is 1.29. The lowest BCUT2D eigenvalue weighted by Gasteiger charge is -2.15. The summed E-state index contributed by atoms with van der Waals surface area (Å²) >= 11 is 0. The molecule has 1 aromatic rings.